The van der Waals surface area contributed by atoms with Gasteiger partial charge in [0.1, 0.15) is 0 Å². The summed E-state index contributed by atoms with van der Waals surface area (Å²) in [4.78, 5) is 12.8. The van der Waals surface area contributed by atoms with E-state index < -0.39 is 10.2 Å². The quantitative estimate of drug-likeness (QED) is 0.635. The molecule has 8 nitrogen and oxygen atoms in total. The Labute approximate surface area is 192 Å². The van der Waals surface area contributed by atoms with Gasteiger partial charge in [0.15, 0.2) is 11.5 Å². The van der Waals surface area contributed by atoms with Gasteiger partial charge < -0.3 is 14.8 Å². The maximum Gasteiger partial charge on any atom is 0.282 e. The maximum atomic E-state index is 13.2. The molecule has 0 aromatic heterocycles. The number of hydrogen-bond acceptors (Lipinski definition) is 5. The third kappa shape index (κ3) is 5.94. The number of nitrogens with zero attached hydrogens (tertiary/aromatic N) is 2. The Morgan fingerprint density at radius 3 is 2.50 bits per heavy atom. The van der Waals surface area contributed by atoms with E-state index in [1.165, 1.54) is 4.31 Å². The van der Waals surface area contributed by atoms with Crippen LogP contribution >= 0.6 is 0 Å². The van der Waals surface area contributed by atoms with E-state index in [1.807, 2.05) is 25.1 Å². The number of methoxy groups -OCH3 is 1. The third-order valence-electron chi connectivity index (χ3n) is 6.24. The van der Waals surface area contributed by atoms with E-state index in [-0.39, 0.29) is 18.4 Å². The van der Waals surface area contributed by atoms with Crippen molar-refractivity contribution in [1.29, 1.82) is 0 Å². The van der Waals surface area contributed by atoms with Crippen molar-refractivity contribution in [3.05, 3.63) is 23.8 Å². The summed E-state index contributed by atoms with van der Waals surface area (Å²) in [5, 5.41) is 2.97. The van der Waals surface area contributed by atoms with Gasteiger partial charge in [0.25, 0.3) is 10.2 Å². The fraction of sp³-hybridized carbons (Fsp3) is 0.696. The smallest absolute Gasteiger partial charge is 0.282 e. The van der Waals surface area contributed by atoms with Gasteiger partial charge in [-0.3, -0.25) is 4.79 Å². The Hall–Kier alpha value is -1.84. The molecule has 3 atom stereocenters. The molecule has 9 heteroatoms. The van der Waals surface area contributed by atoms with Gasteiger partial charge in [-0.05, 0) is 55.7 Å². The number of nitrogens with one attached hydrogen (secondary N) is 1. The molecule has 0 unspecified atom stereocenters. The summed E-state index contributed by atoms with van der Waals surface area (Å²) in [5.41, 5.74) is 0.898. The Balaban J connectivity index is 1.59. The predicted octanol–water partition coefficient (Wildman–Crippen LogP) is 2.64. The maximum absolute atomic E-state index is 13.2. The summed E-state index contributed by atoms with van der Waals surface area (Å²) in [6.07, 6.45) is 2.43. The van der Waals surface area contributed by atoms with Crippen LogP contribution in [-0.2, 0) is 21.5 Å². The van der Waals surface area contributed by atoms with Crippen LogP contribution in [0.15, 0.2) is 18.2 Å². The molecule has 2 aliphatic heterocycles. The molecule has 1 N–H and O–H groups in total. The molecule has 0 spiro atoms. The second kappa shape index (κ2) is 10.9. The number of ether oxygens (including phenoxy) is 2. The average molecular weight is 468 g/mol. The van der Waals surface area contributed by atoms with Crippen molar-refractivity contribution in [2.45, 2.75) is 46.6 Å². The molecule has 2 saturated heterocycles. The predicted molar refractivity (Wildman–Crippen MR) is 124 cm³/mol. The first-order chi connectivity index (χ1) is 15.2. The molecule has 2 heterocycles. The topological polar surface area (TPSA) is 88.2 Å². The van der Waals surface area contributed by atoms with Crippen molar-refractivity contribution in [2.24, 2.45) is 17.8 Å². The lowest BCUT2D eigenvalue weighted by Gasteiger charge is -2.39. The van der Waals surface area contributed by atoms with Gasteiger partial charge >= 0.3 is 0 Å². The minimum atomic E-state index is -3.55. The average Bonchev–Trinajstić information content (AvgIpc) is 2.77. The van der Waals surface area contributed by atoms with E-state index >= 15 is 0 Å². The van der Waals surface area contributed by atoms with Gasteiger partial charge in [-0.15, -0.1) is 0 Å². The first-order valence-electron chi connectivity index (χ1n) is 11.6. The summed E-state index contributed by atoms with van der Waals surface area (Å²) in [6, 6.07) is 5.57. The summed E-state index contributed by atoms with van der Waals surface area (Å²) < 4.78 is 40.5. The highest BCUT2D eigenvalue weighted by Gasteiger charge is 2.38. The molecule has 0 saturated carbocycles. The third-order valence-corrected chi connectivity index (χ3v) is 8.17. The molecular weight excluding hydrogens is 430 g/mol. The van der Waals surface area contributed by atoms with Crippen LogP contribution in [-0.4, -0.2) is 62.8 Å². The Bertz CT molecular complexity index is 882. The molecule has 1 aromatic rings. The van der Waals surface area contributed by atoms with E-state index in [0.717, 1.165) is 12.0 Å². The highest BCUT2D eigenvalue weighted by molar-refractivity contribution is 7.86. The van der Waals surface area contributed by atoms with E-state index in [1.54, 1.807) is 11.4 Å². The van der Waals surface area contributed by atoms with Crippen LogP contribution < -0.4 is 14.8 Å². The van der Waals surface area contributed by atoms with Crippen LogP contribution in [0.3, 0.4) is 0 Å². The molecule has 1 aromatic carbocycles. The molecule has 2 fully saturated rings. The lowest BCUT2D eigenvalue weighted by Crippen LogP contribution is -2.53. The largest absolute Gasteiger partial charge is 0.493 e. The zero-order valence-electron chi connectivity index (χ0n) is 19.7. The van der Waals surface area contributed by atoms with E-state index in [2.05, 4.69) is 19.2 Å². The van der Waals surface area contributed by atoms with E-state index in [9.17, 15) is 13.2 Å². The molecular formula is C23H37N3O5S. The second-order valence-electron chi connectivity index (χ2n) is 9.10. The number of benzene rings is 1. The van der Waals surface area contributed by atoms with Gasteiger partial charge in [-0.2, -0.15) is 17.0 Å². The highest BCUT2D eigenvalue weighted by atomic mass is 32.2. The molecule has 3 rings (SSSR count). The van der Waals surface area contributed by atoms with Crippen molar-refractivity contribution in [1.82, 2.24) is 13.9 Å². The summed E-state index contributed by atoms with van der Waals surface area (Å²) in [5.74, 6) is 1.53. The van der Waals surface area contributed by atoms with Crippen LogP contribution in [0.4, 0.5) is 0 Å². The fourth-order valence-electron chi connectivity index (χ4n) is 4.75. The van der Waals surface area contributed by atoms with Crippen molar-refractivity contribution in [3.8, 4) is 11.5 Å². The highest BCUT2D eigenvalue weighted by Crippen LogP contribution is 2.29. The zero-order chi connectivity index (χ0) is 23.3. The van der Waals surface area contributed by atoms with Crippen molar-refractivity contribution in [3.63, 3.8) is 0 Å². The standard InChI is InChI=1S/C23H37N3O5S/c1-5-31-21-9-8-19(12-22(21)30-4)13-24-23(27)20-7-6-10-25(16-20)32(28,29)26-14-17(2)11-18(3)15-26/h8-9,12,17-18,20H,5-7,10-11,13-16H2,1-4H3,(H,24,27)/t17-,18-,20-/m1/s1. The SMILES string of the molecule is CCOc1ccc(CNC(=O)[C@@H]2CCCN(S(=O)(=O)N3C[C@H](C)C[C@@H](C)C3)C2)cc1OC. The Morgan fingerprint density at radius 1 is 1.12 bits per heavy atom. The Morgan fingerprint density at radius 2 is 1.84 bits per heavy atom. The summed E-state index contributed by atoms with van der Waals surface area (Å²) in [6.45, 7) is 8.82. The van der Waals surface area contributed by atoms with E-state index in [0.29, 0.717) is 69.0 Å². The summed E-state index contributed by atoms with van der Waals surface area (Å²) >= 11 is 0. The molecule has 32 heavy (non-hydrogen) atoms. The minimum absolute atomic E-state index is 0.113. The first kappa shape index (κ1) is 24.8. The van der Waals surface area contributed by atoms with Gasteiger partial charge in [-0.25, -0.2) is 0 Å². The fourth-order valence-corrected chi connectivity index (χ4v) is 6.69. The number of carbonyl (C=O) groups is 1. The van der Waals surface area contributed by atoms with E-state index in [4.69, 9.17) is 9.47 Å². The zero-order valence-corrected chi connectivity index (χ0v) is 20.5. The molecule has 0 aliphatic carbocycles. The molecule has 0 bridgehead atoms. The van der Waals surface area contributed by atoms with Crippen molar-refractivity contribution < 1.29 is 22.7 Å². The normalized spacial score (nSPS) is 25.3. The van der Waals surface area contributed by atoms with Crippen LogP contribution in [0.1, 0.15) is 45.6 Å². The van der Waals surface area contributed by atoms with Crippen LogP contribution in [0, 0.1) is 17.8 Å². The van der Waals surface area contributed by atoms with Gasteiger partial charge in [0, 0.05) is 32.7 Å². The van der Waals surface area contributed by atoms with Gasteiger partial charge in [-0.1, -0.05) is 19.9 Å². The second-order valence-corrected chi connectivity index (χ2v) is 11.0. The molecule has 180 valence electrons. The monoisotopic (exact) mass is 467 g/mol. The van der Waals surface area contributed by atoms with Crippen molar-refractivity contribution in [2.75, 3.05) is 39.9 Å². The summed E-state index contributed by atoms with van der Waals surface area (Å²) in [7, 11) is -1.96. The lowest BCUT2D eigenvalue weighted by molar-refractivity contribution is -0.126. The number of hydrogen-bond donors (Lipinski definition) is 1. The van der Waals surface area contributed by atoms with Crippen LogP contribution in [0.25, 0.3) is 0 Å². The van der Waals surface area contributed by atoms with Gasteiger partial charge in [0.2, 0.25) is 5.91 Å². The number of amides is 1. The van der Waals surface area contributed by atoms with Gasteiger partial charge in [0.05, 0.1) is 19.6 Å². The minimum Gasteiger partial charge on any atom is -0.493 e. The number of rotatable bonds is 8. The molecule has 1 amide bonds. The van der Waals surface area contributed by atoms with Crippen molar-refractivity contribution >= 4 is 16.1 Å². The lowest BCUT2D eigenvalue weighted by atomic mass is 9.94. The molecule has 2 aliphatic rings. The number of piperidine rings is 2. The number of carbonyl (C=O) groups excluding carboxylic acids is 1. The Kier molecular flexibility index (Phi) is 8.41. The van der Waals surface area contributed by atoms with Crippen LogP contribution in [0.5, 0.6) is 11.5 Å². The first-order valence-corrected chi connectivity index (χ1v) is 13.0. The van der Waals surface area contributed by atoms with Crippen LogP contribution in [0.2, 0.25) is 0 Å². The molecule has 0 radical (unpaired) electrons.